The van der Waals surface area contributed by atoms with E-state index in [1.807, 2.05) is 0 Å². The predicted molar refractivity (Wildman–Crippen MR) is 0 cm³/mol. The monoisotopic (exact) mass is 919 g/mol. The minimum absolute atomic E-state index is 0. The molecule has 0 N–H and O–H groups in total. The fourth-order valence-electron chi connectivity index (χ4n) is 0. The van der Waals surface area contributed by atoms with Crippen molar-refractivity contribution in [2.75, 3.05) is 0 Å². The van der Waals surface area contributed by atoms with Crippen molar-refractivity contribution >= 4 is 0 Å². The smallest absolute Gasteiger partial charge is 1.00 e. The molecular weight excluding hydrogens is 923 g/mol. The van der Waals surface area contributed by atoms with E-state index in [-0.39, 0.29) is 207 Å². The third kappa shape index (κ3) is 63.9. The Morgan fingerprint density at radius 2 is 0.300 bits per heavy atom. The maximum absolute atomic E-state index is 0. The molecule has 0 aliphatic carbocycles. The molecule has 0 fully saturated rings. The van der Waals surface area contributed by atoms with Crippen LogP contribution >= 0.6 is 0 Å². The largest absolute Gasteiger partial charge is 4.00 e. The molecule has 10 heteroatoms. The molecule has 0 aromatic carbocycles. The zero-order chi connectivity index (χ0) is 0. The van der Waals surface area contributed by atoms with Crippen molar-refractivity contribution in [3.63, 3.8) is 0 Å². The maximum Gasteiger partial charge on any atom is 4.00 e. The van der Waals surface area contributed by atoms with Crippen LogP contribution in [0.4, 0.5) is 0 Å². The second-order valence-corrected chi connectivity index (χ2v) is 0. The Morgan fingerprint density at radius 3 is 0.300 bits per heavy atom. The molecule has 0 heterocycles. The van der Waals surface area contributed by atoms with E-state index in [0.717, 1.165) is 0 Å². The van der Waals surface area contributed by atoms with Crippen LogP contribution in [0.1, 0.15) is 0 Å². The van der Waals surface area contributed by atoms with Crippen LogP contribution in [0.3, 0.4) is 0 Å². The van der Waals surface area contributed by atoms with E-state index in [1.165, 1.54) is 0 Å². The summed E-state index contributed by atoms with van der Waals surface area (Å²) in [7, 11) is 0. The van der Waals surface area contributed by atoms with Crippen LogP contribution in [-0.4, -0.2) is 0 Å². The average Bonchev–Trinajstić information content (AvgIpc) is 0. The van der Waals surface area contributed by atoms with Gasteiger partial charge in [-0.15, -0.1) is 0 Å². The first-order valence-electron chi connectivity index (χ1n) is 0. The van der Waals surface area contributed by atoms with Gasteiger partial charge in [0.1, 0.15) is 0 Å². The summed E-state index contributed by atoms with van der Waals surface area (Å²) in [6, 6.07) is 0. The van der Waals surface area contributed by atoms with Crippen molar-refractivity contribution in [2.45, 2.75) is 0 Å². The molecule has 0 atom stereocenters. The number of halogens is 8. The van der Waals surface area contributed by atoms with Gasteiger partial charge < -0.3 is 164 Å². The second kappa shape index (κ2) is 79.1. The van der Waals surface area contributed by atoms with Gasteiger partial charge >= 0.3 is 43.4 Å². The van der Waals surface area contributed by atoms with Crippen LogP contribution in [0.2, 0.25) is 0 Å². The Morgan fingerprint density at radius 1 is 0.300 bits per heavy atom. The summed E-state index contributed by atoms with van der Waals surface area (Å²) in [6.07, 6.45) is 0. The van der Waals surface area contributed by atoms with Crippen LogP contribution < -0.4 is 164 Å². The predicted octanol–water partition coefficient (Wildman–Crippen LogP) is -24.0. The first-order chi connectivity index (χ1) is 0. The van der Waals surface area contributed by atoms with Crippen molar-refractivity contribution < 1.29 is 207 Å². The minimum Gasteiger partial charge on any atom is -1.00 e. The summed E-state index contributed by atoms with van der Waals surface area (Å²) in [5.41, 5.74) is 0. The van der Waals surface area contributed by atoms with E-state index in [0.29, 0.717) is 0 Å². The van der Waals surface area contributed by atoms with Crippen molar-refractivity contribution in [3.05, 3.63) is 0 Å². The Labute approximate surface area is 202 Å². The van der Waals surface area contributed by atoms with Gasteiger partial charge in [0.2, 0.25) is 0 Å². The molecule has 0 aromatic rings. The van der Waals surface area contributed by atoms with E-state index < -0.39 is 0 Å². The zero-order valence-corrected chi connectivity index (χ0v) is 22.1. The first kappa shape index (κ1) is 96.5. The van der Waals surface area contributed by atoms with E-state index >= 15 is 0 Å². The molecule has 0 saturated heterocycles. The number of rotatable bonds is 0. The molecule has 0 nitrogen and oxygen atoms in total. The van der Waals surface area contributed by atoms with Crippen molar-refractivity contribution in [1.82, 2.24) is 0 Å². The average molecular weight is 923 g/mol. The van der Waals surface area contributed by atoms with Gasteiger partial charge in [0.25, 0.3) is 0 Å². The summed E-state index contributed by atoms with van der Waals surface area (Å²) >= 11 is 0. The molecule has 0 bridgehead atoms. The van der Waals surface area contributed by atoms with Gasteiger partial charge in [-0.3, -0.25) is 0 Å². The molecule has 0 aromatic heterocycles. The van der Waals surface area contributed by atoms with Gasteiger partial charge in [-0.2, -0.15) is 0 Å². The number of hydrogen-bond donors (Lipinski definition) is 0. The van der Waals surface area contributed by atoms with Gasteiger partial charge in [0.15, 0.2) is 0 Å². The van der Waals surface area contributed by atoms with Gasteiger partial charge in [-0.25, -0.2) is 0 Å². The molecule has 0 aliphatic rings. The molecule has 64 valence electrons. The van der Waals surface area contributed by atoms with Crippen LogP contribution in [0.15, 0.2) is 0 Å². The van der Waals surface area contributed by atoms with E-state index in [4.69, 9.17) is 0 Å². The van der Waals surface area contributed by atoms with Crippen LogP contribution in [-0.2, 0) is 43.4 Å². The summed E-state index contributed by atoms with van der Waals surface area (Å²) in [5.74, 6) is 0. The summed E-state index contributed by atoms with van der Waals surface area (Å²) < 4.78 is 0. The Kier molecular flexibility index (Phi) is 764. The van der Waals surface area contributed by atoms with E-state index in [1.54, 1.807) is 0 Å². The third-order valence-corrected chi connectivity index (χ3v) is 0. The minimum atomic E-state index is 0. The van der Waals surface area contributed by atoms with Crippen molar-refractivity contribution in [2.24, 2.45) is 0 Å². The Balaban J connectivity index is 0. The first-order valence-corrected chi connectivity index (χ1v) is 0. The van der Waals surface area contributed by atoms with Gasteiger partial charge in [0.05, 0.1) is 0 Å². The standard InChI is InChI=1S/4BrH.4HI.2Ti/h8*1H;;/q;;;;;;;;2*+4/p-8. The zero-order valence-electron chi connectivity index (χ0n) is 4.02. The fourth-order valence-corrected chi connectivity index (χ4v) is 0. The van der Waals surface area contributed by atoms with Gasteiger partial charge in [-0.1, -0.05) is 0 Å². The molecule has 0 spiro atoms. The van der Waals surface area contributed by atoms with E-state index in [2.05, 4.69) is 0 Å². The molecule has 0 aliphatic heterocycles. The Hall–Kier alpha value is 6.27. The summed E-state index contributed by atoms with van der Waals surface area (Å²) in [5, 5.41) is 0. The SMILES string of the molecule is [Br-].[Br-].[Br-].[Br-].[I-].[I-].[I-].[I-].[Ti+4].[Ti+4]. The Bertz CT molecular complexity index is 15.2. The topological polar surface area (TPSA) is 0 Å². The molecule has 0 radical (unpaired) electrons. The van der Waals surface area contributed by atoms with Crippen LogP contribution in [0.5, 0.6) is 0 Å². The van der Waals surface area contributed by atoms with Crippen LogP contribution in [0, 0.1) is 0 Å². The molecule has 0 amide bonds. The van der Waals surface area contributed by atoms with Crippen molar-refractivity contribution in [3.8, 4) is 0 Å². The molecule has 0 rings (SSSR count). The maximum atomic E-state index is 0. The third-order valence-electron chi connectivity index (χ3n) is 0. The normalized spacial score (nSPS) is 0. The van der Waals surface area contributed by atoms with Gasteiger partial charge in [-0.05, 0) is 0 Å². The quantitative estimate of drug-likeness (QED) is 0.168. The summed E-state index contributed by atoms with van der Waals surface area (Å²) in [6.45, 7) is 0. The fraction of sp³-hybridized carbons (Fsp3) is 0. The summed E-state index contributed by atoms with van der Waals surface area (Å²) in [4.78, 5) is 0. The molecular formula is Br4I4Ti2. The number of hydrogen-bond acceptors (Lipinski definition) is 0. The van der Waals surface area contributed by atoms with E-state index in [9.17, 15) is 0 Å². The van der Waals surface area contributed by atoms with Gasteiger partial charge in [0, 0.05) is 0 Å². The van der Waals surface area contributed by atoms with Crippen molar-refractivity contribution in [1.29, 1.82) is 0 Å². The molecule has 0 unspecified atom stereocenters. The molecule has 10 heavy (non-hydrogen) atoms. The van der Waals surface area contributed by atoms with Crippen LogP contribution in [0.25, 0.3) is 0 Å². The second-order valence-electron chi connectivity index (χ2n) is 0. The molecule has 0 saturated carbocycles.